The van der Waals surface area contributed by atoms with Gasteiger partial charge in [0.2, 0.25) is 5.82 Å². The zero-order valence-electron chi connectivity index (χ0n) is 11.9. The minimum Gasteiger partial charge on any atom is -0.409 e. The van der Waals surface area contributed by atoms with Crippen LogP contribution in [0.1, 0.15) is 12.5 Å². The van der Waals surface area contributed by atoms with Crippen LogP contribution in [0.5, 0.6) is 0 Å². The molecule has 0 radical (unpaired) electrons. The second kappa shape index (κ2) is 5.92. The first-order valence-electron chi connectivity index (χ1n) is 6.51. The third kappa shape index (κ3) is 3.02. The molecule has 0 aromatic carbocycles. The first-order valence-corrected chi connectivity index (χ1v) is 6.51. The Morgan fingerprint density at radius 1 is 1.62 bits per heavy atom. The molecule has 0 bridgehead atoms. The lowest BCUT2D eigenvalue weighted by molar-refractivity contribution is -0.384. The van der Waals surface area contributed by atoms with Crippen LogP contribution in [0.4, 0.5) is 11.5 Å². The Kier molecular flexibility index (Phi) is 4.22. The molecule has 3 N–H and O–H groups in total. The van der Waals surface area contributed by atoms with E-state index < -0.39 is 4.92 Å². The highest BCUT2D eigenvalue weighted by Gasteiger charge is 2.29. The number of amidine groups is 1. The van der Waals surface area contributed by atoms with Gasteiger partial charge >= 0.3 is 5.69 Å². The Morgan fingerprint density at radius 2 is 2.33 bits per heavy atom. The lowest BCUT2D eigenvalue weighted by Crippen LogP contribution is -2.51. The van der Waals surface area contributed by atoms with Crippen LogP contribution in [0, 0.1) is 10.1 Å². The van der Waals surface area contributed by atoms with Crippen LogP contribution in [-0.2, 0) is 0 Å². The van der Waals surface area contributed by atoms with Crippen LogP contribution in [0.3, 0.4) is 0 Å². The van der Waals surface area contributed by atoms with E-state index in [1.165, 1.54) is 12.3 Å². The number of piperazine rings is 1. The minimum absolute atomic E-state index is 0.115. The van der Waals surface area contributed by atoms with Gasteiger partial charge in [-0.3, -0.25) is 10.1 Å². The molecule has 9 heteroatoms. The van der Waals surface area contributed by atoms with Crippen molar-refractivity contribution in [3.05, 3.63) is 27.9 Å². The standard InChI is InChI=1S/C12H18N6O3/c1-8-7-16(2)3-4-17(8)12-10(18(20)21)5-9(6-14-12)11(13)15-19/h5-6,8,19H,3-4,7H2,1-2H3,(H2,13,15). The predicted octanol–water partition coefficient (Wildman–Crippen LogP) is 0.225. The zero-order chi connectivity index (χ0) is 15.6. The largest absolute Gasteiger partial charge is 0.409 e. The van der Waals surface area contributed by atoms with E-state index in [9.17, 15) is 10.1 Å². The monoisotopic (exact) mass is 294 g/mol. The molecule has 1 aromatic rings. The highest BCUT2D eigenvalue weighted by atomic mass is 16.6. The molecule has 0 amide bonds. The molecular formula is C12H18N6O3. The number of hydrogen-bond acceptors (Lipinski definition) is 7. The molecular weight excluding hydrogens is 276 g/mol. The summed E-state index contributed by atoms with van der Waals surface area (Å²) in [5, 5.41) is 22.8. The number of nitrogens with zero attached hydrogens (tertiary/aromatic N) is 5. The fourth-order valence-electron chi connectivity index (χ4n) is 2.45. The average molecular weight is 294 g/mol. The van der Waals surface area contributed by atoms with E-state index in [1.807, 2.05) is 18.9 Å². The fourth-order valence-corrected chi connectivity index (χ4v) is 2.45. The van der Waals surface area contributed by atoms with Crippen LogP contribution in [0.25, 0.3) is 0 Å². The Labute approximate surface area is 121 Å². The van der Waals surface area contributed by atoms with Crippen molar-refractivity contribution in [1.82, 2.24) is 9.88 Å². The summed E-state index contributed by atoms with van der Waals surface area (Å²) >= 11 is 0. The second-order valence-corrected chi connectivity index (χ2v) is 5.11. The molecule has 1 atom stereocenters. The normalized spacial score (nSPS) is 20.6. The molecule has 114 valence electrons. The van der Waals surface area contributed by atoms with E-state index in [4.69, 9.17) is 10.9 Å². The predicted molar refractivity (Wildman–Crippen MR) is 77.7 cm³/mol. The quantitative estimate of drug-likeness (QED) is 0.269. The van der Waals surface area contributed by atoms with Gasteiger partial charge in [0.1, 0.15) is 0 Å². The summed E-state index contributed by atoms with van der Waals surface area (Å²) in [7, 11) is 2.01. The lowest BCUT2D eigenvalue weighted by Gasteiger charge is -2.38. The summed E-state index contributed by atoms with van der Waals surface area (Å²) in [5.41, 5.74) is 5.53. The van der Waals surface area contributed by atoms with Gasteiger partial charge in [0.05, 0.1) is 4.92 Å². The van der Waals surface area contributed by atoms with Gasteiger partial charge in [-0.2, -0.15) is 0 Å². The molecule has 0 saturated carbocycles. The maximum Gasteiger partial charge on any atom is 0.312 e. The van der Waals surface area contributed by atoms with E-state index in [2.05, 4.69) is 15.0 Å². The summed E-state index contributed by atoms with van der Waals surface area (Å²) < 4.78 is 0. The van der Waals surface area contributed by atoms with Crippen molar-refractivity contribution in [1.29, 1.82) is 0 Å². The van der Waals surface area contributed by atoms with E-state index in [1.54, 1.807) is 0 Å². The number of hydrogen-bond donors (Lipinski definition) is 2. The Bertz CT molecular complexity index is 576. The summed E-state index contributed by atoms with van der Waals surface area (Å²) in [6.07, 6.45) is 1.38. The van der Waals surface area contributed by atoms with Gasteiger partial charge in [-0.15, -0.1) is 0 Å². The highest BCUT2D eigenvalue weighted by Crippen LogP contribution is 2.29. The van der Waals surface area contributed by atoms with E-state index >= 15 is 0 Å². The Balaban J connectivity index is 2.41. The van der Waals surface area contributed by atoms with Crippen molar-refractivity contribution in [3.63, 3.8) is 0 Å². The topological polar surface area (TPSA) is 121 Å². The van der Waals surface area contributed by atoms with Crippen molar-refractivity contribution in [3.8, 4) is 0 Å². The third-order valence-corrected chi connectivity index (χ3v) is 3.55. The van der Waals surface area contributed by atoms with Crippen molar-refractivity contribution in [2.24, 2.45) is 10.9 Å². The average Bonchev–Trinajstić information content (AvgIpc) is 2.46. The maximum absolute atomic E-state index is 11.3. The van der Waals surface area contributed by atoms with Crippen LogP contribution >= 0.6 is 0 Å². The molecule has 2 rings (SSSR count). The molecule has 0 aliphatic carbocycles. The number of aromatic nitrogens is 1. The number of nitro groups is 1. The molecule has 1 saturated heterocycles. The van der Waals surface area contributed by atoms with Gasteiger partial charge in [-0.1, -0.05) is 5.16 Å². The molecule has 21 heavy (non-hydrogen) atoms. The second-order valence-electron chi connectivity index (χ2n) is 5.11. The van der Waals surface area contributed by atoms with Crippen molar-refractivity contribution >= 4 is 17.3 Å². The van der Waals surface area contributed by atoms with Gasteiger partial charge in [0, 0.05) is 43.5 Å². The van der Waals surface area contributed by atoms with Crippen molar-refractivity contribution < 1.29 is 10.1 Å². The minimum atomic E-state index is -0.498. The van der Waals surface area contributed by atoms with Crippen LogP contribution in [-0.4, -0.2) is 58.6 Å². The number of rotatable bonds is 3. The molecule has 9 nitrogen and oxygen atoms in total. The van der Waals surface area contributed by atoms with Gasteiger partial charge in [0.25, 0.3) is 0 Å². The molecule has 2 heterocycles. The van der Waals surface area contributed by atoms with Gasteiger partial charge in [-0.05, 0) is 14.0 Å². The summed E-state index contributed by atoms with van der Waals surface area (Å²) in [6.45, 7) is 4.28. The number of pyridine rings is 1. The molecule has 1 aromatic heterocycles. The van der Waals surface area contributed by atoms with Crippen molar-refractivity contribution in [2.45, 2.75) is 13.0 Å². The first kappa shape index (κ1) is 15.0. The SMILES string of the molecule is CC1CN(C)CCN1c1ncc(C(N)=NO)cc1[N+](=O)[O-]. The van der Waals surface area contributed by atoms with Gasteiger partial charge in [0.15, 0.2) is 5.84 Å². The molecule has 1 unspecified atom stereocenters. The molecule has 1 fully saturated rings. The highest BCUT2D eigenvalue weighted by molar-refractivity contribution is 5.97. The molecule has 0 spiro atoms. The van der Waals surface area contributed by atoms with Crippen LogP contribution < -0.4 is 10.6 Å². The third-order valence-electron chi connectivity index (χ3n) is 3.55. The van der Waals surface area contributed by atoms with E-state index in [-0.39, 0.29) is 23.1 Å². The summed E-state index contributed by atoms with van der Waals surface area (Å²) in [4.78, 5) is 19.0. The van der Waals surface area contributed by atoms with Crippen LogP contribution in [0.2, 0.25) is 0 Å². The van der Waals surface area contributed by atoms with Crippen molar-refractivity contribution in [2.75, 3.05) is 31.6 Å². The summed E-state index contributed by atoms with van der Waals surface area (Å²) in [6, 6.07) is 1.40. The fraction of sp³-hybridized carbons (Fsp3) is 0.500. The van der Waals surface area contributed by atoms with E-state index in [0.717, 1.165) is 13.1 Å². The van der Waals surface area contributed by atoms with Crippen LogP contribution in [0.15, 0.2) is 17.4 Å². The maximum atomic E-state index is 11.3. The van der Waals surface area contributed by atoms with Gasteiger partial charge < -0.3 is 20.7 Å². The van der Waals surface area contributed by atoms with E-state index in [0.29, 0.717) is 12.4 Å². The first-order chi connectivity index (χ1) is 9.93. The Hall–Kier alpha value is -2.42. The molecule has 1 aliphatic rings. The number of anilines is 1. The smallest absolute Gasteiger partial charge is 0.312 e. The van der Waals surface area contributed by atoms with Gasteiger partial charge in [-0.25, -0.2) is 4.98 Å². The number of nitrogens with two attached hydrogens (primary N) is 1. The Morgan fingerprint density at radius 3 is 2.90 bits per heavy atom. The zero-order valence-corrected chi connectivity index (χ0v) is 11.9. The number of likely N-dealkylation sites (N-methyl/N-ethyl adjacent to an activating group) is 1. The number of oxime groups is 1. The summed E-state index contributed by atoms with van der Waals surface area (Å²) in [5.74, 6) is 0.110. The lowest BCUT2D eigenvalue weighted by atomic mass is 10.1. The molecule has 1 aliphatic heterocycles.